The van der Waals surface area contributed by atoms with Gasteiger partial charge >= 0.3 is 14.2 Å². The number of fused-ring (bicyclic) bond motifs is 3. The van der Waals surface area contributed by atoms with Crippen LogP contribution in [-0.2, 0) is 50.1 Å². The van der Waals surface area contributed by atoms with Gasteiger partial charge in [0.1, 0.15) is 0 Å². The van der Waals surface area contributed by atoms with Crippen molar-refractivity contribution in [2.45, 2.75) is 63.6 Å². The van der Waals surface area contributed by atoms with Crippen LogP contribution >= 0.6 is 0 Å². The monoisotopic (exact) mass is 644 g/mol. The smallest absolute Gasteiger partial charge is 0.405 e. The standard InChI is InChI=1S/C40H46B2O6/c1-37(2,3)27-9-13-29(14-10-27)39(43-7)35-25-31(41-45-21-22-46-41)17-19-33(35)34-20-18-32(42-47-23-24-48-42)26-36(34)40(39,44-8)30-15-11-28(12-16-30)38(4,5)6/h9-20,25-26H,21-24H2,1-8H3. The molecule has 2 atom stereocenters. The molecule has 2 aliphatic heterocycles. The number of hydrogen-bond donors (Lipinski definition) is 0. The highest BCUT2D eigenvalue weighted by atomic mass is 16.6. The molecule has 8 heteroatoms. The van der Waals surface area contributed by atoms with Gasteiger partial charge in [-0.1, -0.05) is 126 Å². The van der Waals surface area contributed by atoms with E-state index in [4.69, 9.17) is 28.1 Å². The Hall–Kier alpha value is -3.23. The third-order valence-corrected chi connectivity index (χ3v) is 10.3. The second-order valence-electron chi connectivity index (χ2n) is 15.2. The summed E-state index contributed by atoms with van der Waals surface area (Å²) in [5.41, 5.74) is 8.14. The first-order valence-corrected chi connectivity index (χ1v) is 17.0. The molecule has 2 unspecified atom stereocenters. The first-order chi connectivity index (χ1) is 22.9. The van der Waals surface area contributed by atoms with E-state index in [-0.39, 0.29) is 10.8 Å². The number of benzene rings is 4. The molecular formula is C40H46B2O6. The summed E-state index contributed by atoms with van der Waals surface area (Å²) in [5, 5.41) is 0. The molecule has 1 aliphatic carbocycles. The maximum atomic E-state index is 7.05. The molecule has 0 bridgehead atoms. The minimum atomic E-state index is -1.13. The Labute approximate surface area is 286 Å². The lowest BCUT2D eigenvalue weighted by molar-refractivity contribution is -0.154. The third-order valence-electron chi connectivity index (χ3n) is 10.3. The van der Waals surface area contributed by atoms with E-state index in [1.54, 1.807) is 14.2 Å². The van der Waals surface area contributed by atoms with Gasteiger partial charge in [0, 0.05) is 14.2 Å². The quantitative estimate of drug-likeness (QED) is 0.232. The molecule has 4 aromatic rings. The van der Waals surface area contributed by atoms with Crippen LogP contribution in [0.2, 0.25) is 0 Å². The first-order valence-electron chi connectivity index (χ1n) is 17.0. The van der Waals surface area contributed by atoms with E-state index in [9.17, 15) is 0 Å². The maximum Gasteiger partial charge on any atom is 0.494 e. The fraction of sp³-hybridized carbons (Fsp3) is 0.400. The van der Waals surface area contributed by atoms with Gasteiger partial charge in [0.15, 0.2) is 11.2 Å². The second kappa shape index (κ2) is 12.3. The van der Waals surface area contributed by atoms with E-state index in [0.29, 0.717) is 26.4 Å². The normalized spacial score (nSPS) is 22.6. The Morgan fingerprint density at radius 2 is 0.833 bits per heavy atom. The molecule has 0 aromatic heterocycles. The van der Waals surface area contributed by atoms with Crippen molar-refractivity contribution in [3.63, 3.8) is 0 Å². The van der Waals surface area contributed by atoms with E-state index in [2.05, 4.69) is 126 Å². The molecule has 0 saturated carbocycles. The summed E-state index contributed by atoms with van der Waals surface area (Å²) >= 11 is 0. The van der Waals surface area contributed by atoms with Crippen LogP contribution in [0.1, 0.15) is 74.9 Å². The van der Waals surface area contributed by atoms with Crippen molar-refractivity contribution in [3.05, 3.63) is 118 Å². The summed E-state index contributed by atoms with van der Waals surface area (Å²) in [6, 6.07) is 30.7. The van der Waals surface area contributed by atoms with Crippen LogP contribution in [0.15, 0.2) is 84.9 Å². The van der Waals surface area contributed by atoms with Crippen molar-refractivity contribution in [2.75, 3.05) is 40.6 Å². The lowest BCUT2D eigenvalue weighted by Gasteiger charge is -2.54. The van der Waals surface area contributed by atoms with Gasteiger partial charge in [-0.05, 0) is 66.3 Å². The van der Waals surface area contributed by atoms with E-state index < -0.39 is 25.4 Å². The molecule has 2 fully saturated rings. The molecule has 48 heavy (non-hydrogen) atoms. The average Bonchev–Trinajstić information content (AvgIpc) is 3.82. The average molecular weight is 644 g/mol. The molecule has 0 spiro atoms. The van der Waals surface area contributed by atoms with Gasteiger partial charge in [0.25, 0.3) is 0 Å². The van der Waals surface area contributed by atoms with Crippen molar-refractivity contribution in [1.82, 2.24) is 0 Å². The van der Waals surface area contributed by atoms with E-state index in [0.717, 1.165) is 44.3 Å². The van der Waals surface area contributed by atoms with Crippen LogP contribution in [0, 0.1) is 0 Å². The summed E-state index contributed by atoms with van der Waals surface area (Å²) in [7, 11) is 2.70. The fourth-order valence-corrected chi connectivity index (χ4v) is 7.82. The van der Waals surface area contributed by atoms with Gasteiger partial charge < -0.3 is 28.1 Å². The summed E-state index contributed by atoms with van der Waals surface area (Å²) in [6.45, 7) is 15.7. The van der Waals surface area contributed by atoms with Gasteiger partial charge in [-0.3, -0.25) is 0 Å². The van der Waals surface area contributed by atoms with Gasteiger partial charge in [0.2, 0.25) is 0 Å². The van der Waals surface area contributed by atoms with Crippen LogP contribution < -0.4 is 10.9 Å². The van der Waals surface area contributed by atoms with Crippen LogP contribution in [0.5, 0.6) is 0 Å². The molecule has 0 amide bonds. The molecule has 4 aromatic carbocycles. The predicted molar refractivity (Wildman–Crippen MR) is 192 cm³/mol. The summed E-state index contributed by atoms with van der Waals surface area (Å²) in [4.78, 5) is 0. The highest BCUT2D eigenvalue weighted by Gasteiger charge is 2.62. The van der Waals surface area contributed by atoms with Gasteiger partial charge in [0.05, 0.1) is 26.4 Å². The molecule has 248 valence electrons. The Morgan fingerprint density at radius 1 is 0.500 bits per heavy atom. The Kier molecular flexibility index (Phi) is 8.51. The van der Waals surface area contributed by atoms with Crippen LogP contribution in [0.4, 0.5) is 0 Å². The van der Waals surface area contributed by atoms with E-state index in [1.807, 2.05) is 0 Å². The van der Waals surface area contributed by atoms with Crippen molar-refractivity contribution < 1.29 is 28.1 Å². The number of ether oxygens (including phenoxy) is 2. The third kappa shape index (κ3) is 5.20. The lowest BCUT2D eigenvalue weighted by Crippen LogP contribution is -2.56. The van der Waals surface area contributed by atoms with Crippen LogP contribution in [-0.4, -0.2) is 54.9 Å². The SMILES string of the molecule is COC1(c2ccc(C(C)(C)C)cc2)c2cc(B3OCCO3)ccc2-c2ccc(B3OCCO3)cc2C1(OC)c1ccc(C(C)(C)C)cc1. The zero-order valence-electron chi connectivity index (χ0n) is 29.5. The molecule has 7 rings (SSSR count). The second-order valence-corrected chi connectivity index (χ2v) is 15.2. The van der Waals surface area contributed by atoms with Crippen LogP contribution in [0.25, 0.3) is 11.1 Å². The molecule has 2 heterocycles. The maximum absolute atomic E-state index is 7.05. The Balaban J connectivity index is 1.59. The van der Waals surface area contributed by atoms with Crippen molar-refractivity contribution >= 4 is 25.2 Å². The number of hydrogen-bond acceptors (Lipinski definition) is 6. The molecule has 0 N–H and O–H groups in total. The molecule has 3 aliphatic rings. The molecular weight excluding hydrogens is 598 g/mol. The zero-order chi connectivity index (χ0) is 33.9. The van der Waals surface area contributed by atoms with E-state index >= 15 is 0 Å². The summed E-state index contributed by atoms with van der Waals surface area (Å²) in [6.07, 6.45) is 0. The van der Waals surface area contributed by atoms with Gasteiger partial charge in [-0.2, -0.15) is 0 Å². The number of methoxy groups -OCH3 is 2. The van der Waals surface area contributed by atoms with E-state index in [1.165, 1.54) is 11.1 Å². The lowest BCUT2D eigenvalue weighted by atomic mass is 9.58. The van der Waals surface area contributed by atoms with Gasteiger partial charge in [-0.25, -0.2) is 0 Å². The summed E-state index contributed by atoms with van der Waals surface area (Å²) < 4.78 is 38.2. The van der Waals surface area contributed by atoms with Crippen molar-refractivity contribution in [3.8, 4) is 11.1 Å². The Morgan fingerprint density at radius 3 is 1.12 bits per heavy atom. The van der Waals surface area contributed by atoms with Crippen molar-refractivity contribution in [2.24, 2.45) is 0 Å². The largest absolute Gasteiger partial charge is 0.494 e. The van der Waals surface area contributed by atoms with Crippen molar-refractivity contribution in [1.29, 1.82) is 0 Å². The Bertz CT molecular complexity index is 1650. The first kappa shape index (κ1) is 33.3. The minimum Gasteiger partial charge on any atom is -0.405 e. The minimum absolute atomic E-state index is 0.0164. The topological polar surface area (TPSA) is 55.4 Å². The van der Waals surface area contributed by atoms with Crippen LogP contribution in [0.3, 0.4) is 0 Å². The molecule has 0 radical (unpaired) electrons. The highest BCUT2D eigenvalue weighted by molar-refractivity contribution is 6.62. The zero-order valence-corrected chi connectivity index (χ0v) is 29.5. The molecule has 6 nitrogen and oxygen atoms in total. The number of rotatable bonds is 6. The summed E-state index contributed by atoms with van der Waals surface area (Å²) in [5.74, 6) is 0. The fourth-order valence-electron chi connectivity index (χ4n) is 7.82. The van der Waals surface area contributed by atoms with Gasteiger partial charge in [-0.15, -0.1) is 0 Å². The highest BCUT2D eigenvalue weighted by Crippen LogP contribution is 2.60. The predicted octanol–water partition coefficient (Wildman–Crippen LogP) is 6.23. The molecule has 2 saturated heterocycles.